The SMILES string of the molecule is Oc1oc(-c2ccc(Cl)cc2)nc1C=NCCCCCCN=Cc1nc(-c2ccc(Cl)cc2)oc1O. The Balaban J connectivity index is 1.14. The number of aromatic hydroxyl groups is 2. The van der Waals surface area contributed by atoms with E-state index in [1.807, 2.05) is 0 Å². The number of nitrogens with zero attached hydrogens (tertiary/aromatic N) is 4. The average molecular weight is 527 g/mol. The Bertz CT molecular complexity index is 1230. The molecule has 0 saturated carbocycles. The average Bonchev–Trinajstić information content (AvgIpc) is 3.43. The summed E-state index contributed by atoms with van der Waals surface area (Å²) in [6, 6.07) is 14.0. The van der Waals surface area contributed by atoms with Crippen LogP contribution in [0.1, 0.15) is 37.1 Å². The zero-order chi connectivity index (χ0) is 25.3. The highest BCUT2D eigenvalue weighted by atomic mass is 35.5. The van der Waals surface area contributed by atoms with Gasteiger partial charge in [-0.2, -0.15) is 0 Å². The Hall–Kier alpha value is -3.62. The third kappa shape index (κ3) is 6.96. The Kier molecular flexibility index (Phi) is 8.76. The number of hydrogen-bond acceptors (Lipinski definition) is 8. The van der Waals surface area contributed by atoms with Crippen molar-refractivity contribution in [2.75, 3.05) is 13.1 Å². The monoisotopic (exact) mass is 526 g/mol. The smallest absolute Gasteiger partial charge is 0.312 e. The van der Waals surface area contributed by atoms with Gasteiger partial charge in [0.1, 0.15) is 0 Å². The van der Waals surface area contributed by atoms with E-state index >= 15 is 0 Å². The van der Waals surface area contributed by atoms with Gasteiger partial charge in [-0.3, -0.25) is 9.98 Å². The molecule has 0 saturated heterocycles. The molecule has 10 heteroatoms. The van der Waals surface area contributed by atoms with E-state index in [1.165, 1.54) is 12.4 Å². The van der Waals surface area contributed by atoms with Crippen LogP contribution in [0, 0.1) is 0 Å². The van der Waals surface area contributed by atoms with Gasteiger partial charge >= 0.3 is 11.9 Å². The molecule has 0 amide bonds. The van der Waals surface area contributed by atoms with Crippen molar-refractivity contribution in [3.05, 3.63) is 70.0 Å². The van der Waals surface area contributed by atoms with Gasteiger partial charge in [0.05, 0.1) is 12.4 Å². The van der Waals surface area contributed by atoms with Crippen LogP contribution in [0.25, 0.3) is 22.9 Å². The lowest BCUT2D eigenvalue weighted by atomic mass is 10.2. The molecular weight excluding hydrogens is 503 g/mol. The van der Waals surface area contributed by atoms with Crippen LogP contribution in [0.4, 0.5) is 0 Å². The largest absolute Gasteiger partial charge is 0.479 e. The van der Waals surface area contributed by atoms with E-state index in [0.717, 1.165) is 36.8 Å². The Morgan fingerprint density at radius 3 is 1.42 bits per heavy atom. The highest BCUT2D eigenvalue weighted by molar-refractivity contribution is 6.30. The molecule has 4 aromatic rings. The molecular formula is C26H24Cl2N4O4. The lowest BCUT2D eigenvalue weighted by molar-refractivity contribution is 0.336. The summed E-state index contributed by atoms with van der Waals surface area (Å²) in [6.07, 6.45) is 6.82. The maximum absolute atomic E-state index is 9.95. The summed E-state index contributed by atoms with van der Waals surface area (Å²) in [5.41, 5.74) is 2.03. The molecule has 0 aliphatic carbocycles. The minimum atomic E-state index is -0.264. The molecule has 8 nitrogen and oxygen atoms in total. The molecule has 0 spiro atoms. The van der Waals surface area contributed by atoms with Gasteiger partial charge in [-0.25, -0.2) is 9.97 Å². The highest BCUT2D eigenvalue weighted by Gasteiger charge is 2.13. The van der Waals surface area contributed by atoms with Crippen LogP contribution in [0.5, 0.6) is 11.9 Å². The summed E-state index contributed by atoms with van der Waals surface area (Å²) in [4.78, 5) is 17.2. The third-order valence-corrected chi connectivity index (χ3v) is 5.71. The lowest BCUT2D eigenvalue weighted by Crippen LogP contribution is -1.89. The predicted molar refractivity (Wildman–Crippen MR) is 141 cm³/mol. The van der Waals surface area contributed by atoms with Crippen LogP contribution in [0.3, 0.4) is 0 Å². The van der Waals surface area contributed by atoms with Gasteiger partial charge in [-0.15, -0.1) is 0 Å². The second kappa shape index (κ2) is 12.4. The minimum absolute atomic E-state index is 0.264. The van der Waals surface area contributed by atoms with Gasteiger partial charge in [0.25, 0.3) is 0 Å². The van der Waals surface area contributed by atoms with Gasteiger partial charge in [0.2, 0.25) is 11.8 Å². The first-order valence-electron chi connectivity index (χ1n) is 11.4. The van der Waals surface area contributed by atoms with Gasteiger partial charge in [-0.1, -0.05) is 36.0 Å². The molecule has 0 aliphatic heterocycles. The molecule has 4 rings (SSSR count). The molecule has 0 fully saturated rings. The Morgan fingerprint density at radius 1 is 0.639 bits per heavy atom. The molecule has 2 aromatic carbocycles. The van der Waals surface area contributed by atoms with Crippen molar-refractivity contribution < 1.29 is 19.0 Å². The van der Waals surface area contributed by atoms with Crippen LogP contribution in [0.15, 0.2) is 67.4 Å². The predicted octanol–water partition coefficient (Wildman–Crippen LogP) is 6.81. The van der Waals surface area contributed by atoms with Crippen molar-refractivity contribution in [2.45, 2.75) is 25.7 Å². The number of hydrogen-bond donors (Lipinski definition) is 2. The molecule has 2 N–H and O–H groups in total. The highest BCUT2D eigenvalue weighted by Crippen LogP contribution is 2.27. The van der Waals surface area contributed by atoms with E-state index in [2.05, 4.69) is 20.0 Å². The quantitative estimate of drug-likeness (QED) is 0.163. The standard InChI is InChI=1S/C26H24Cl2N4O4/c27-19-9-5-17(6-10-19)23-31-21(25(33)35-23)15-29-13-3-1-2-4-14-30-16-22-26(34)36-24(32-22)18-7-11-20(28)12-8-18/h5-12,15-16,33-34H,1-4,13-14H2. The molecule has 2 heterocycles. The van der Waals surface area contributed by atoms with E-state index < -0.39 is 0 Å². The fourth-order valence-corrected chi connectivity index (χ4v) is 3.56. The normalized spacial score (nSPS) is 11.7. The zero-order valence-corrected chi connectivity index (χ0v) is 20.8. The molecule has 36 heavy (non-hydrogen) atoms. The number of aromatic nitrogens is 2. The van der Waals surface area contributed by atoms with Crippen LogP contribution < -0.4 is 0 Å². The molecule has 186 valence electrons. The van der Waals surface area contributed by atoms with Crippen LogP contribution in [-0.2, 0) is 0 Å². The summed E-state index contributed by atoms with van der Waals surface area (Å²) in [7, 11) is 0. The van der Waals surface area contributed by atoms with Gasteiger partial charge in [-0.05, 0) is 61.4 Å². The van der Waals surface area contributed by atoms with Crippen LogP contribution in [0.2, 0.25) is 10.0 Å². The van der Waals surface area contributed by atoms with Crippen molar-refractivity contribution in [3.63, 3.8) is 0 Å². The van der Waals surface area contributed by atoms with Crippen molar-refractivity contribution >= 4 is 35.6 Å². The summed E-state index contributed by atoms with van der Waals surface area (Å²) >= 11 is 11.8. The number of rotatable bonds is 11. The van der Waals surface area contributed by atoms with Crippen LogP contribution >= 0.6 is 23.2 Å². The number of halogens is 2. The maximum Gasteiger partial charge on any atom is 0.312 e. The Morgan fingerprint density at radius 2 is 1.03 bits per heavy atom. The van der Waals surface area contributed by atoms with E-state index in [1.54, 1.807) is 48.5 Å². The Labute approximate surface area is 218 Å². The molecule has 0 aliphatic rings. The first-order chi connectivity index (χ1) is 17.5. The summed E-state index contributed by atoms with van der Waals surface area (Å²) in [6.45, 7) is 1.23. The molecule has 0 bridgehead atoms. The van der Waals surface area contributed by atoms with Gasteiger partial charge in [0, 0.05) is 34.3 Å². The fraction of sp³-hybridized carbons (Fsp3) is 0.231. The third-order valence-electron chi connectivity index (χ3n) is 5.20. The van der Waals surface area contributed by atoms with E-state index in [9.17, 15) is 10.2 Å². The van der Waals surface area contributed by atoms with Crippen molar-refractivity contribution in [3.8, 4) is 34.8 Å². The molecule has 0 radical (unpaired) electrons. The topological polar surface area (TPSA) is 117 Å². The van der Waals surface area contributed by atoms with Crippen LogP contribution in [-0.4, -0.2) is 45.7 Å². The number of aliphatic imine (C=N–C) groups is 2. The van der Waals surface area contributed by atoms with E-state index in [-0.39, 0.29) is 11.9 Å². The maximum atomic E-state index is 9.95. The second-order valence-corrected chi connectivity index (χ2v) is 8.79. The number of benzene rings is 2. The first kappa shape index (κ1) is 25.5. The second-order valence-electron chi connectivity index (χ2n) is 7.92. The van der Waals surface area contributed by atoms with E-state index in [0.29, 0.717) is 46.3 Å². The molecule has 0 atom stereocenters. The van der Waals surface area contributed by atoms with E-state index in [4.69, 9.17) is 32.0 Å². The summed E-state index contributed by atoms with van der Waals surface area (Å²) in [5.74, 6) is 0.0950. The van der Waals surface area contributed by atoms with Gasteiger partial charge in [0.15, 0.2) is 11.4 Å². The minimum Gasteiger partial charge on any atom is -0.479 e. The molecule has 2 aromatic heterocycles. The zero-order valence-electron chi connectivity index (χ0n) is 19.3. The van der Waals surface area contributed by atoms with Crippen molar-refractivity contribution in [1.82, 2.24) is 9.97 Å². The molecule has 0 unspecified atom stereocenters. The van der Waals surface area contributed by atoms with Gasteiger partial charge < -0.3 is 19.0 Å². The summed E-state index contributed by atoms with van der Waals surface area (Å²) < 4.78 is 10.6. The fourth-order valence-electron chi connectivity index (χ4n) is 3.31. The lowest BCUT2D eigenvalue weighted by Gasteiger charge is -1.96. The van der Waals surface area contributed by atoms with Crippen molar-refractivity contribution in [1.29, 1.82) is 0 Å². The number of unbranched alkanes of at least 4 members (excludes halogenated alkanes) is 3. The van der Waals surface area contributed by atoms with Crippen molar-refractivity contribution in [2.24, 2.45) is 9.98 Å². The number of oxazole rings is 2. The first-order valence-corrected chi connectivity index (χ1v) is 12.2. The summed E-state index contributed by atoms with van der Waals surface area (Å²) in [5, 5.41) is 21.1.